The summed E-state index contributed by atoms with van der Waals surface area (Å²) in [6.07, 6.45) is 0.782. The van der Waals surface area contributed by atoms with Gasteiger partial charge in [0.2, 0.25) is 0 Å². The number of rotatable bonds is 3. The summed E-state index contributed by atoms with van der Waals surface area (Å²) >= 11 is 0. The Kier molecular flexibility index (Phi) is 5.06. The van der Waals surface area contributed by atoms with Gasteiger partial charge in [-0.15, -0.1) is 0 Å². The Bertz CT molecular complexity index is 418. The first kappa shape index (κ1) is 12.2. The molecule has 1 aromatic rings. The summed E-state index contributed by atoms with van der Waals surface area (Å²) in [6.45, 7) is 0.857. The van der Waals surface area contributed by atoms with E-state index < -0.39 is 0 Å². The third kappa shape index (κ3) is 3.73. The van der Waals surface area contributed by atoms with Gasteiger partial charge in [0.05, 0.1) is 0 Å². The Morgan fingerprint density at radius 1 is 1.50 bits per heavy atom. The standard InChI is InChI=1S/C12H15N3O/c1-14-8-3-2-5-10-6-4-7-11(9-10)12(16)15-13/h4,6-7,9,14H,3,8,13H2,1H3,(H,15,16). The minimum atomic E-state index is -0.307. The van der Waals surface area contributed by atoms with Gasteiger partial charge in [0, 0.05) is 24.1 Å². The van der Waals surface area contributed by atoms with Gasteiger partial charge in [0.15, 0.2) is 0 Å². The Balaban J connectivity index is 2.73. The smallest absolute Gasteiger partial charge is 0.265 e. The van der Waals surface area contributed by atoms with E-state index in [-0.39, 0.29) is 5.91 Å². The summed E-state index contributed by atoms with van der Waals surface area (Å²) in [4.78, 5) is 11.2. The van der Waals surface area contributed by atoms with E-state index in [4.69, 9.17) is 5.84 Å². The van der Waals surface area contributed by atoms with E-state index >= 15 is 0 Å². The molecule has 0 aliphatic rings. The molecule has 0 atom stereocenters. The molecule has 4 N–H and O–H groups in total. The maximum absolute atomic E-state index is 11.2. The number of benzene rings is 1. The summed E-state index contributed by atoms with van der Waals surface area (Å²) in [5, 5.41) is 3.01. The van der Waals surface area contributed by atoms with Crippen LogP contribution in [0.15, 0.2) is 24.3 Å². The molecule has 1 rings (SSSR count). The molecular weight excluding hydrogens is 202 g/mol. The third-order valence-corrected chi connectivity index (χ3v) is 1.99. The van der Waals surface area contributed by atoms with E-state index in [1.165, 1.54) is 0 Å². The predicted octanol–water partition coefficient (Wildman–Crippen LogP) is 0.251. The average Bonchev–Trinajstić information content (AvgIpc) is 2.34. The molecule has 1 aromatic carbocycles. The Labute approximate surface area is 95.2 Å². The van der Waals surface area contributed by atoms with Crippen molar-refractivity contribution in [2.75, 3.05) is 13.6 Å². The van der Waals surface area contributed by atoms with Crippen molar-refractivity contribution < 1.29 is 4.79 Å². The molecule has 16 heavy (non-hydrogen) atoms. The number of hydrazine groups is 1. The van der Waals surface area contributed by atoms with Gasteiger partial charge in [0.25, 0.3) is 5.91 Å². The molecule has 0 saturated carbocycles. The van der Waals surface area contributed by atoms with Gasteiger partial charge in [-0.2, -0.15) is 0 Å². The molecule has 1 amide bonds. The monoisotopic (exact) mass is 217 g/mol. The van der Waals surface area contributed by atoms with Crippen LogP contribution in [0.3, 0.4) is 0 Å². The molecule has 0 saturated heterocycles. The van der Waals surface area contributed by atoms with Crippen LogP contribution in [0.25, 0.3) is 0 Å². The Morgan fingerprint density at radius 2 is 2.31 bits per heavy atom. The van der Waals surface area contributed by atoms with Gasteiger partial charge in [-0.25, -0.2) is 5.84 Å². The lowest BCUT2D eigenvalue weighted by Crippen LogP contribution is -2.29. The van der Waals surface area contributed by atoms with E-state index in [0.29, 0.717) is 5.56 Å². The number of amides is 1. The largest absolute Gasteiger partial charge is 0.319 e. The zero-order chi connectivity index (χ0) is 11.8. The molecule has 0 heterocycles. The molecule has 0 bridgehead atoms. The van der Waals surface area contributed by atoms with Crippen molar-refractivity contribution in [1.82, 2.24) is 10.7 Å². The number of nitrogen functional groups attached to an aromatic ring is 1. The van der Waals surface area contributed by atoms with E-state index in [0.717, 1.165) is 18.5 Å². The molecule has 4 heteroatoms. The van der Waals surface area contributed by atoms with Crippen molar-refractivity contribution in [3.8, 4) is 11.8 Å². The van der Waals surface area contributed by atoms with Crippen molar-refractivity contribution in [1.29, 1.82) is 0 Å². The molecule has 0 aromatic heterocycles. The molecule has 0 radical (unpaired) electrons. The molecule has 84 valence electrons. The summed E-state index contributed by atoms with van der Waals surface area (Å²) in [5.41, 5.74) is 3.42. The zero-order valence-electron chi connectivity index (χ0n) is 9.21. The van der Waals surface area contributed by atoms with Crippen LogP contribution in [0.1, 0.15) is 22.3 Å². The normalized spacial score (nSPS) is 9.12. The van der Waals surface area contributed by atoms with Crippen molar-refractivity contribution in [2.24, 2.45) is 5.84 Å². The first-order chi connectivity index (χ1) is 7.77. The fourth-order valence-corrected chi connectivity index (χ4v) is 1.17. The van der Waals surface area contributed by atoms with Gasteiger partial charge in [-0.1, -0.05) is 17.9 Å². The van der Waals surface area contributed by atoms with Gasteiger partial charge in [-0.3, -0.25) is 10.2 Å². The SMILES string of the molecule is CNCCC#Cc1cccc(C(=O)NN)c1. The van der Waals surface area contributed by atoms with Crippen molar-refractivity contribution in [3.05, 3.63) is 35.4 Å². The molecule has 0 spiro atoms. The number of hydrogen-bond acceptors (Lipinski definition) is 3. The first-order valence-electron chi connectivity index (χ1n) is 5.02. The summed E-state index contributed by atoms with van der Waals surface area (Å²) in [7, 11) is 1.88. The highest BCUT2D eigenvalue weighted by Crippen LogP contribution is 2.03. The molecule has 0 aliphatic heterocycles. The highest BCUT2D eigenvalue weighted by molar-refractivity contribution is 5.94. The van der Waals surface area contributed by atoms with Crippen molar-refractivity contribution >= 4 is 5.91 Å². The number of carbonyl (C=O) groups excluding carboxylic acids is 1. The Hall–Kier alpha value is -1.83. The third-order valence-electron chi connectivity index (χ3n) is 1.99. The number of nitrogens with two attached hydrogens (primary N) is 1. The lowest BCUT2D eigenvalue weighted by molar-refractivity contribution is 0.0953. The van der Waals surface area contributed by atoms with Gasteiger partial charge >= 0.3 is 0 Å². The lowest BCUT2D eigenvalue weighted by Gasteiger charge is -1.99. The summed E-state index contributed by atoms with van der Waals surface area (Å²) < 4.78 is 0. The van der Waals surface area contributed by atoms with Crippen LogP contribution >= 0.6 is 0 Å². The predicted molar refractivity (Wildman–Crippen MR) is 63.5 cm³/mol. The summed E-state index contributed by atoms with van der Waals surface area (Å²) in [6, 6.07) is 7.06. The second-order valence-electron chi connectivity index (χ2n) is 3.21. The number of carbonyl (C=O) groups is 1. The quantitative estimate of drug-likeness (QED) is 0.223. The van der Waals surface area contributed by atoms with Crippen molar-refractivity contribution in [3.63, 3.8) is 0 Å². The molecule has 0 aliphatic carbocycles. The molecular formula is C12H15N3O. The van der Waals surface area contributed by atoms with Gasteiger partial charge in [-0.05, 0) is 25.2 Å². The maximum atomic E-state index is 11.2. The van der Waals surface area contributed by atoms with Crippen LogP contribution in [0, 0.1) is 11.8 Å². The molecule has 0 fully saturated rings. The number of nitrogens with one attached hydrogen (secondary N) is 2. The second-order valence-corrected chi connectivity index (χ2v) is 3.21. The average molecular weight is 217 g/mol. The fourth-order valence-electron chi connectivity index (χ4n) is 1.17. The van der Waals surface area contributed by atoms with E-state index in [1.54, 1.807) is 18.2 Å². The maximum Gasteiger partial charge on any atom is 0.265 e. The number of hydrogen-bond donors (Lipinski definition) is 3. The highest BCUT2D eigenvalue weighted by atomic mass is 16.2. The van der Waals surface area contributed by atoms with Crippen LogP contribution in [0.4, 0.5) is 0 Å². The Morgan fingerprint density at radius 3 is 3.00 bits per heavy atom. The van der Waals surface area contributed by atoms with Crippen LogP contribution in [0.5, 0.6) is 0 Å². The van der Waals surface area contributed by atoms with E-state index in [2.05, 4.69) is 22.6 Å². The van der Waals surface area contributed by atoms with E-state index in [1.807, 2.05) is 13.1 Å². The lowest BCUT2D eigenvalue weighted by atomic mass is 10.1. The molecule has 0 unspecified atom stereocenters. The minimum Gasteiger partial charge on any atom is -0.319 e. The van der Waals surface area contributed by atoms with Crippen LogP contribution < -0.4 is 16.6 Å². The summed E-state index contributed by atoms with van der Waals surface area (Å²) in [5.74, 6) is 10.7. The first-order valence-corrected chi connectivity index (χ1v) is 5.02. The van der Waals surface area contributed by atoms with Gasteiger partial charge in [0.1, 0.15) is 0 Å². The second kappa shape index (κ2) is 6.62. The van der Waals surface area contributed by atoms with Crippen LogP contribution in [-0.2, 0) is 0 Å². The fraction of sp³-hybridized carbons (Fsp3) is 0.250. The highest BCUT2D eigenvalue weighted by Gasteiger charge is 2.02. The van der Waals surface area contributed by atoms with Crippen LogP contribution in [0.2, 0.25) is 0 Å². The van der Waals surface area contributed by atoms with Gasteiger partial charge < -0.3 is 5.32 Å². The van der Waals surface area contributed by atoms with E-state index in [9.17, 15) is 4.79 Å². The minimum absolute atomic E-state index is 0.307. The van der Waals surface area contributed by atoms with Crippen molar-refractivity contribution in [2.45, 2.75) is 6.42 Å². The molecule has 4 nitrogen and oxygen atoms in total. The topological polar surface area (TPSA) is 67.2 Å². The zero-order valence-corrected chi connectivity index (χ0v) is 9.21. The van der Waals surface area contributed by atoms with Crippen LogP contribution in [-0.4, -0.2) is 19.5 Å².